The van der Waals surface area contributed by atoms with E-state index in [-0.39, 0.29) is 18.1 Å². The highest BCUT2D eigenvalue weighted by Gasteiger charge is 2.09. The molecule has 0 bridgehead atoms. The molecule has 3 nitrogen and oxygen atoms in total. The molecule has 1 amide bonds. The summed E-state index contributed by atoms with van der Waals surface area (Å²) in [6, 6.07) is 10.4. The van der Waals surface area contributed by atoms with Crippen LogP contribution in [0.3, 0.4) is 0 Å². The number of nitrogens with one attached hydrogen (secondary N) is 1. The second-order valence-corrected chi connectivity index (χ2v) is 6.29. The van der Waals surface area contributed by atoms with Gasteiger partial charge >= 0.3 is 0 Å². The third-order valence-corrected chi connectivity index (χ3v) is 4.04. The van der Waals surface area contributed by atoms with Crippen molar-refractivity contribution in [1.82, 2.24) is 0 Å². The highest BCUT2D eigenvalue weighted by molar-refractivity contribution is 9.11. The molecule has 0 aromatic heterocycles. The molecule has 0 heterocycles. The number of rotatable bonds is 3. The lowest BCUT2D eigenvalue weighted by atomic mass is 10.1. The summed E-state index contributed by atoms with van der Waals surface area (Å²) in [6.45, 7) is 0. The van der Waals surface area contributed by atoms with E-state index in [0.29, 0.717) is 19.7 Å². The molecule has 6 heteroatoms. The van der Waals surface area contributed by atoms with E-state index in [1.807, 2.05) is 12.1 Å². The van der Waals surface area contributed by atoms with Gasteiger partial charge in [0.05, 0.1) is 15.4 Å². The van der Waals surface area contributed by atoms with E-state index in [1.54, 1.807) is 24.3 Å². The summed E-state index contributed by atoms with van der Waals surface area (Å²) in [7, 11) is 0. The fourth-order valence-corrected chi connectivity index (χ4v) is 2.94. The summed E-state index contributed by atoms with van der Waals surface area (Å²) in [5, 5.41) is 13.0. The Balaban J connectivity index is 2.06. The van der Waals surface area contributed by atoms with E-state index in [9.17, 15) is 9.90 Å². The van der Waals surface area contributed by atoms with Crippen molar-refractivity contribution in [3.05, 3.63) is 55.9 Å². The van der Waals surface area contributed by atoms with Gasteiger partial charge in [0.2, 0.25) is 5.91 Å². The summed E-state index contributed by atoms with van der Waals surface area (Å²) in [5.74, 6) is -0.0440. The molecule has 0 aliphatic carbocycles. The van der Waals surface area contributed by atoms with Gasteiger partial charge in [-0.25, -0.2) is 0 Å². The maximum atomic E-state index is 11.9. The Bertz CT molecular complexity index is 621. The number of phenolic OH excluding ortho intramolecular Hbond substituents is 1. The molecule has 2 N–H and O–H groups in total. The lowest BCUT2D eigenvalue weighted by Crippen LogP contribution is -2.14. The fraction of sp³-hybridized carbons (Fsp3) is 0.0714. The second-order valence-electron chi connectivity index (χ2n) is 4.14. The van der Waals surface area contributed by atoms with Crippen LogP contribution in [-0.2, 0) is 11.2 Å². The largest absolute Gasteiger partial charge is 0.506 e. The first-order chi connectivity index (χ1) is 9.45. The number of phenols is 1. The second kappa shape index (κ2) is 6.61. The summed E-state index contributed by atoms with van der Waals surface area (Å²) < 4.78 is 1.02. The standard InChI is InChI=1S/C14H10Br2ClNO2/c15-11-6-10(7-12(16)14(11)20)18-13(19)5-8-1-3-9(17)4-2-8/h1-4,6-7,20H,5H2,(H,18,19). The number of amides is 1. The topological polar surface area (TPSA) is 49.3 Å². The number of aromatic hydroxyl groups is 1. The van der Waals surface area contributed by atoms with Crippen LogP contribution < -0.4 is 5.32 Å². The van der Waals surface area contributed by atoms with Gasteiger partial charge in [0.25, 0.3) is 0 Å². The minimum Gasteiger partial charge on any atom is -0.506 e. The van der Waals surface area contributed by atoms with Crippen molar-refractivity contribution >= 4 is 55.1 Å². The zero-order chi connectivity index (χ0) is 14.7. The monoisotopic (exact) mass is 417 g/mol. The quantitative estimate of drug-likeness (QED) is 0.706. The van der Waals surface area contributed by atoms with Crippen molar-refractivity contribution in [1.29, 1.82) is 0 Å². The molecule has 104 valence electrons. The van der Waals surface area contributed by atoms with Gasteiger partial charge < -0.3 is 10.4 Å². The molecular weight excluding hydrogens is 409 g/mol. The molecule has 2 aromatic carbocycles. The van der Waals surface area contributed by atoms with Crippen molar-refractivity contribution < 1.29 is 9.90 Å². The third-order valence-electron chi connectivity index (χ3n) is 2.58. The van der Waals surface area contributed by atoms with Gasteiger partial charge in [0.15, 0.2) is 0 Å². The van der Waals surface area contributed by atoms with E-state index in [4.69, 9.17) is 11.6 Å². The minimum atomic E-state index is -0.142. The fourth-order valence-electron chi connectivity index (χ4n) is 1.63. The van der Waals surface area contributed by atoms with Crippen LogP contribution >= 0.6 is 43.5 Å². The first-order valence-electron chi connectivity index (χ1n) is 5.68. The Hall–Kier alpha value is -1.04. The average Bonchev–Trinajstić information content (AvgIpc) is 2.38. The molecular formula is C14H10Br2ClNO2. The molecule has 0 saturated carbocycles. The van der Waals surface area contributed by atoms with E-state index in [0.717, 1.165) is 5.56 Å². The molecule has 0 fully saturated rings. The van der Waals surface area contributed by atoms with E-state index in [1.165, 1.54) is 0 Å². The van der Waals surface area contributed by atoms with Gasteiger partial charge in [-0.3, -0.25) is 4.79 Å². The molecule has 0 radical (unpaired) electrons. The van der Waals surface area contributed by atoms with Crippen LogP contribution in [0, 0.1) is 0 Å². The number of hydrogen-bond donors (Lipinski definition) is 2. The van der Waals surface area contributed by atoms with Gasteiger partial charge in [-0.15, -0.1) is 0 Å². The van der Waals surface area contributed by atoms with Crippen LogP contribution in [-0.4, -0.2) is 11.0 Å². The van der Waals surface area contributed by atoms with E-state index >= 15 is 0 Å². The number of anilines is 1. The predicted molar refractivity (Wildman–Crippen MR) is 87.3 cm³/mol. The van der Waals surface area contributed by atoms with Crippen molar-refractivity contribution in [3.63, 3.8) is 0 Å². The van der Waals surface area contributed by atoms with Crippen molar-refractivity contribution in [2.75, 3.05) is 5.32 Å². The lowest BCUT2D eigenvalue weighted by molar-refractivity contribution is -0.115. The Kier molecular flexibility index (Phi) is 5.07. The van der Waals surface area contributed by atoms with Gasteiger partial charge in [0.1, 0.15) is 5.75 Å². The zero-order valence-electron chi connectivity index (χ0n) is 10.2. The van der Waals surface area contributed by atoms with Crippen molar-refractivity contribution in [3.8, 4) is 5.75 Å². The van der Waals surface area contributed by atoms with Gasteiger partial charge in [-0.05, 0) is 61.7 Å². The van der Waals surface area contributed by atoms with Gasteiger partial charge in [-0.2, -0.15) is 0 Å². The smallest absolute Gasteiger partial charge is 0.228 e. The Morgan fingerprint density at radius 1 is 1.15 bits per heavy atom. The molecule has 0 atom stereocenters. The van der Waals surface area contributed by atoms with Crippen molar-refractivity contribution in [2.24, 2.45) is 0 Å². The van der Waals surface area contributed by atoms with Gasteiger partial charge in [0, 0.05) is 10.7 Å². The summed E-state index contributed by atoms with van der Waals surface area (Å²) in [6.07, 6.45) is 0.257. The van der Waals surface area contributed by atoms with Crippen LogP contribution in [0.5, 0.6) is 5.75 Å². The summed E-state index contributed by atoms with van der Waals surface area (Å²) >= 11 is 12.2. The number of halogens is 3. The third kappa shape index (κ3) is 3.98. The maximum Gasteiger partial charge on any atom is 0.228 e. The number of hydrogen-bond acceptors (Lipinski definition) is 2. The number of benzene rings is 2. The average molecular weight is 420 g/mol. The minimum absolute atomic E-state index is 0.0979. The van der Waals surface area contributed by atoms with Crippen LogP contribution in [0.25, 0.3) is 0 Å². The highest BCUT2D eigenvalue weighted by Crippen LogP contribution is 2.35. The van der Waals surface area contributed by atoms with E-state index < -0.39 is 0 Å². The predicted octanol–water partition coefficient (Wildman–Crippen LogP) is 4.75. The van der Waals surface area contributed by atoms with Crippen LogP contribution in [0.4, 0.5) is 5.69 Å². The molecule has 0 aliphatic rings. The molecule has 0 aliphatic heterocycles. The highest BCUT2D eigenvalue weighted by atomic mass is 79.9. The Labute approximate surface area is 138 Å². The number of carbonyl (C=O) groups excluding carboxylic acids is 1. The first-order valence-corrected chi connectivity index (χ1v) is 7.64. The number of carbonyl (C=O) groups is 1. The Morgan fingerprint density at radius 2 is 1.70 bits per heavy atom. The van der Waals surface area contributed by atoms with Crippen LogP contribution in [0.15, 0.2) is 45.3 Å². The van der Waals surface area contributed by atoms with Crippen molar-refractivity contribution in [2.45, 2.75) is 6.42 Å². The Morgan fingerprint density at radius 3 is 2.25 bits per heavy atom. The zero-order valence-corrected chi connectivity index (χ0v) is 14.1. The summed E-state index contributed by atoms with van der Waals surface area (Å²) in [5.41, 5.74) is 1.48. The van der Waals surface area contributed by atoms with Crippen LogP contribution in [0.1, 0.15) is 5.56 Å². The van der Waals surface area contributed by atoms with Gasteiger partial charge in [-0.1, -0.05) is 23.7 Å². The normalized spacial score (nSPS) is 10.3. The molecule has 0 spiro atoms. The maximum absolute atomic E-state index is 11.9. The molecule has 2 rings (SSSR count). The molecule has 2 aromatic rings. The van der Waals surface area contributed by atoms with Crippen LogP contribution in [0.2, 0.25) is 5.02 Å². The SMILES string of the molecule is O=C(Cc1ccc(Cl)cc1)Nc1cc(Br)c(O)c(Br)c1. The van der Waals surface area contributed by atoms with E-state index in [2.05, 4.69) is 37.2 Å². The molecule has 0 saturated heterocycles. The lowest BCUT2D eigenvalue weighted by Gasteiger charge is -2.08. The molecule has 0 unspecified atom stereocenters. The summed E-state index contributed by atoms with van der Waals surface area (Å²) in [4.78, 5) is 11.9. The molecule has 20 heavy (non-hydrogen) atoms. The first kappa shape index (κ1) is 15.4.